The fourth-order valence-electron chi connectivity index (χ4n) is 3.26. The Hall–Kier alpha value is -3.04. The molecule has 3 aromatic rings. The smallest absolute Gasteiger partial charge is 0.259 e. The van der Waals surface area contributed by atoms with Crippen molar-refractivity contribution in [3.05, 3.63) is 65.1 Å². The normalized spacial score (nSPS) is 11.9. The number of hydrogen-bond donors (Lipinski definition) is 1. The van der Waals surface area contributed by atoms with E-state index in [1.54, 1.807) is 16.9 Å². The molecule has 1 N–H and O–H groups in total. The highest BCUT2D eigenvalue weighted by Crippen LogP contribution is 2.28. The van der Waals surface area contributed by atoms with E-state index in [9.17, 15) is 13.2 Å². The molecular weight excluding hydrogens is 414 g/mol. The molecule has 1 aromatic carbocycles. The molecule has 0 aliphatic rings. The van der Waals surface area contributed by atoms with E-state index in [1.807, 2.05) is 45.9 Å². The molecule has 0 saturated carbocycles. The molecule has 9 heteroatoms. The number of hydrogen-bond acceptors (Lipinski definition) is 5. The third-order valence-corrected chi connectivity index (χ3v) is 6.92. The van der Waals surface area contributed by atoms with E-state index in [0.717, 1.165) is 21.1 Å². The third-order valence-electron chi connectivity index (χ3n) is 5.13. The molecule has 0 radical (unpaired) electrons. The Balaban J connectivity index is 2.03. The van der Waals surface area contributed by atoms with E-state index in [2.05, 4.69) is 15.4 Å². The SMILES string of the molecule is Cc1cc(S(=O)(=O)N(C)C)cc(NC(=O)c2cnn(-c3ccccn3)c2C(C)C)c1C. The van der Waals surface area contributed by atoms with Crippen LogP contribution in [0.15, 0.2) is 47.6 Å². The predicted molar refractivity (Wildman–Crippen MR) is 120 cm³/mol. The molecule has 31 heavy (non-hydrogen) atoms. The molecule has 164 valence electrons. The molecule has 3 rings (SSSR count). The lowest BCUT2D eigenvalue weighted by Crippen LogP contribution is -2.23. The van der Waals surface area contributed by atoms with Crippen molar-refractivity contribution < 1.29 is 13.2 Å². The summed E-state index contributed by atoms with van der Waals surface area (Å²) in [7, 11) is -0.684. The van der Waals surface area contributed by atoms with Gasteiger partial charge in [0, 0.05) is 26.0 Å². The zero-order valence-corrected chi connectivity index (χ0v) is 19.4. The third kappa shape index (κ3) is 4.38. The highest BCUT2D eigenvalue weighted by molar-refractivity contribution is 7.89. The Bertz CT molecular complexity index is 1220. The van der Waals surface area contributed by atoms with E-state index in [0.29, 0.717) is 17.1 Å². The summed E-state index contributed by atoms with van der Waals surface area (Å²) in [6.07, 6.45) is 3.19. The van der Waals surface area contributed by atoms with E-state index in [4.69, 9.17) is 0 Å². The van der Waals surface area contributed by atoms with E-state index in [1.165, 1.54) is 26.4 Å². The maximum atomic E-state index is 13.2. The van der Waals surface area contributed by atoms with Crippen LogP contribution in [0.4, 0.5) is 5.69 Å². The number of aromatic nitrogens is 3. The Morgan fingerprint density at radius 1 is 1.16 bits per heavy atom. The summed E-state index contributed by atoms with van der Waals surface area (Å²) in [6.45, 7) is 7.62. The lowest BCUT2D eigenvalue weighted by Gasteiger charge is -2.17. The first-order chi connectivity index (χ1) is 14.5. The minimum absolute atomic E-state index is 0.00791. The summed E-state index contributed by atoms with van der Waals surface area (Å²) >= 11 is 0. The van der Waals surface area contributed by atoms with E-state index < -0.39 is 10.0 Å². The maximum Gasteiger partial charge on any atom is 0.259 e. The molecular formula is C22H27N5O3S. The zero-order chi connectivity index (χ0) is 22.9. The Labute approximate surface area is 183 Å². The Morgan fingerprint density at radius 3 is 2.45 bits per heavy atom. The summed E-state index contributed by atoms with van der Waals surface area (Å²) < 4.78 is 28.0. The molecule has 0 bridgehead atoms. The Kier molecular flexibility index (Phi) is 6.28. The minimum Gasteiger partial charge on any atom is -0.322 e. The van der Waals surface area contributed by atoms with Crippen LogP contribution in [0.1, 0.15) is 46.9 Å². The van der Waals surface area contributed by atoms with Gasteiger partial charge in [-0.15, -0.1) is 0 Å². The molecule has 0 spiro atoms. The standard InChI is InChI=1S/C22H27N5O3S/c1-14(2)21-18(13-24-27(21)20-9-7-8-10-23-20)22(28)25-19-12-17(11-15(3)16(19)4)31(29,30)26(5)6/h7-14H,1-6H3,(H,25,28). The van der Waals surface area contributed by atoms with Gasteiger partial charge in [0.15, 0.2) is 5.82 Å². The number of benzene rings is 1. The molecule has 0 aliphatic heterocycles. The van der Waals surface area contributed by atoms with Gasteiger partial charge in [0.1, 0.15) is 0 Å². The van der Waals surface area contributed by atoms with Crippen LogP contribution >= 0.6 is 0 Å². The molecule has 8 nitrogen and oxygen atoms in total. The van der Waals surface area contributed by atoms with Crippen LogP contribution in [0.3, 0.4) is 0 Å². The highest BCUT2D eigenvalue weighted by Gasteiger charge is 2.24. The van der Waals surface area contributed by atoms with Gasteiger partial charge in [0.05, 0.1) is 22.3 Å². The van der Waals surface area contributed by atoms with Crippen LogP contribution in [0, 0.1) is 13.8 Å². The van der Waals surface area contributed by atoms with Crippen LogP contribution in [0.5, 0.6) is 0 Å². The van der Waals surface area contributed by atoms with Crippen LogP contribution < -0.4 is 5.32 Å². The number of carbonyl (C=O) groups excluding carboxylic acids is 1. The summed E-state index contributed by atoms with van der Waals surface area (Å²) in [5.41, 5.74) is 3.16. The number of pyridine rings is 1. The van der Waals surface area contributed by atoms with Crippen LogP contribution in [-0.4, -0.2) is 47.5 Å². The molecule has 0 fully saturated rings. The van der Waals surface area contributed by atoms with Gasteiger partial charge in [0.2, 0.25) is 10.0 Å². The number of nitrogens with zero attached hydrogens (tertiary/aromatic N) is 4. The van der Waals surface area contributed by atoms with Crippen molar-refractivity contribution in [2.45, 2.75) is 38.5 Å². The van der Waals surface area contributed by atoms with E-state index >= 15 is 0 Å². The quantitative estimate of drug-likeness (QED) is 0.631. The first kappa shape index (κ1) is 22.6. The van der Waals surface area contributed by atoms with Gasteiger partial charge in [-0.2, -0.15) is 5.10 Å². The second-order valence-electron chi connectivity index (χ2n) is 7.85. The predicted octanol–water partition coefficient (Wildman–Crippen LogP) is 3.51. The number of sulfonamides is 1. The second kappa shape index (κ2) is 8.60. The number of nitrogens with one attached hydrogen (secondary N) is 1. The highest BCUT2D eigenvalue weighted by atomic mass is 32.2. The Morgan fingerprint density at radius 2 is 1.87 bits per heavy atom. The van der Waals surface area contributed by atoms with Gasteiger partial charge in [-0.3, -0.25) is 4.79 Å². The van der Waals surface area contributed by atoms with Crippen molar-refractivity contribution in [2.24, 2.45) is 0 Å². The first-order valence-corrected chi connectivity index (χ1v) is 11.3. The van der Waals surface area contributed by atoms with Gasteiger partial charge >= 0.3 is 0 Å². The van der Waals surface area contributed by atoms with Crippen molar-refractivity contribution in [3.63, 3.8) is 0 Å². The van der Waals surface area contributed by atoms with Gasteiger partial charge in [-0.1, -0.05) is 19.9 Å². The van der Waals surface area contributed by atoms with Gasteiger partial charge in [0.25, 0.3) is 5.91 Å². The molecule has 0 unspecified atom stereocenters. The van der Waals surface area contributed by atoms with Crippen LogP contribution in [0.2, 0.25) is 0 Å². The lowest BCUT2D eigenvalue weighted by molar-refractivity contribution is 0.102. The van der Waals surface area contributed by atoms with Crippen molar-refractivity contribution >= 4 is 21.6 Å². The zero-order valence-electron chi connectivity index (χ0n) is 18.5. The van der Waals surface area contributed by atoms with Gasteiger partial charge in [-0.25, -0.2) is 22.4 Å². The average Bonchev–Trinajstić information content (AvgIpc) is 3.17. The number of carbonyl (C=O) groups is 1. The summed E-state index contributed by atoms with van der Waals surface area (Å²) in [4.78, 5) is 17.7. The number of rotatable bonds is 6. The van der Waals surface area contributed by atoms with Crippen molar-refractivity contribution in [1.82, 2.24) is 19.1 Å². The van der Waals surface area contributed by atoms with Crippen molar-refractivity contribution in [1.29, 1.82) is 0 Å². The number of amides is 1. The van der Waals surface area contributed by atoms with Crippen molar-refractivity contribution in [3.8, 4) is 5.82 Å². The fourth-order valence-corrected chi connectivity index (χ4v) is 4.27. The number of aryl methyl sites for hydroxylation is 1. The minimum atomic E-state index is -3.64. The molecule has 2 aromatic heterocycles. The molecule has 0 aliphatic carbocycles. The molecule has 2 heterocycles. The van der Waals surface area contributed by atoms with E-state index in [-0.39, 0.29) is 16.7 Å². The average molecular weight is 442 g/mol. The maximum absolute atomic E-state index is 13.2. The fraction of sp³-hybridized carbons (Fsp3) is 0.318. The molecule has 0 saturated heterocycles. The number of anilines is 1. The van der Waals surface area contributed by atoms with Gasteiger partial charge in [-0.05, 0) is 55.2 Å². The second-order valence-corrected chi connectivity index (χ2v) is 10.0. The molecule has 0 atom stereocenters. The van der Waals surface area contributed by atoms with Gasteiger partial charge < -0.3 is 5.32 Å². The topological polar surface area (TPSA) is 97.2 Å². The first-order valence-electron chi connectivity index (χ1n) is 9.88. The lowest BCUT2D eigenvalue weighted by atomic mass is 10.0. The van der Waals surface area contributed by atoms with Crippen LogP contribution in [-0.2, 0) is 10.0 Å². The summed E-state index contributed by atoms with van der Waals surface area (Å²) in [5, 5.41) is 7.26. The van der Waals surface area contributed by atoms with Crippen molar-refractivity contribution in [2.75, 3.05) is 19.4 Å². The summed E-state index contributed by atoms with van der Waals surface area (Å²) in [5.74, 6) is 0.276. The molecule has 1 amide bonds. The largest absolute Gasteiger partial charge is 0.322 e. The summed E-state index contributed by atoms with van der Waals surface area (Å²) in [6, 6.07) is 8.60. The monoisotopic (exact) mass is 441 g/mol. The van der Waals surface area contributed by atoms with Crippen LogP contribution in [0.25, 0.3) is 5.82 Å².